The van der Waals surface area contributed by atoms with Crippen molar-refractivity contribution in [1.29, 1.82) is 0 Å². The molecule has 3 rings (SSSR count). The third-order valence-electron chi connectivity index (χ3n) is 3.75. The van der Waals surface area contributed by atoms with Gasteiger partial charge < -0.3 is 10.6 Å². The van der Waals surface area contributed by atoms with Gasteiger partial charge in [0.1, 0.15) is 6.04 Å². The number of amides is 2. The van der Waals surface area contributed by atoms with Crippen molar-refractivity contribution < 1.29 is 18.0 Å². The maximum atomic E-state index is 12.7. The van der Waals surface area contributed by atoms with Crippen LogP contribution in [0.5, 0.6) is 0 Å². The first-order chi connectivity index (χ1) is 9.89. The molecule has 2 aliphatic heterocycles. The molecular formula is C13H15N3O4S. The van der Waals surface area contributed by atoms with E-state index in [9.17, 15) is 18.0 Å². The van der Waals surface area contributed by atoms with Crippen molar-refractivity contribution in [2.45, 2.75) is 24.3 Å². The van der Waals surface area contributed by atoms with E-state index in [0.29, 0.717) is 17.8 Å². The van der Waals surface area contributed by atoms with Gasteiger partial charge in [-0.05, 0) is 30.7 Å². The molecule has 0 aliphatic carbocycles. The van der Waals surface area contributed by atoms with Crippen LogP contribution in [0.4, 0.5) is 5.69 Å². The Kier molecular flexibility index (Phi) is 3.22. The Morgan fingerprint density at radius 2 is 2.05 bits per heavy atom. The molecule has 21 heavy (non-hydrogen) atoms. The van der Waals surface area contributed by atoms with E-state index in [2.05, 4.69) is 10.6 Å². The Morgan fingerprint density at radius 3 is 2.81 bits per heavy atom. The van der Waals surface area contributed by atoms with Gasteiger partial charge in [0.2, 0.25) is 21.8 Å². The highest BCUT2D eigenvalue weighted by atomic mass is 32.2. The van der Waals surface area contributed by atoms with Gasteiger partial charge in [0.25, 0.3) is 0 Å². The monoisotopic (exact) mass is 309 g/mol. The van der Waals surface area contributed by atoms with Gasteiger partial charge in [0.15, 0.2) is 0 Å². The van der Waals surface area contributed by atoms with Crippen LogP contribution in [-0.2, 0) is 26.0 Å². The summed E-state index contributed by atoms with van der Waals surface area (Å²) in [5, 5.41) is 5.29. The molecule has 0 bridgehead atoms. The summed E-state index contributed by atoms with van der Waals surface area (Å²) in [6.07, 6.45) is 0.175. The molecule has 8 heteroatoms. The summed E-state index contributed by atoms with van der Waals surface area (Å²) in [6.45, 7) is 2.10. The second kappa shape index (κ2) is 4.81. The molecule has 1 saturated heterocycles. The average Bonchev–Trinajstić information content (AvgIpc) is 2.80. The van der Waals surface area contributed by atoms with E-state index in [1.54, 1.807) is 13.0 Å². The largest absolute Gasteiger partial charge is 0.353 e. The van der Waals surface area contributed by atoms with Crippen LogP contribution in [0.15, 0.2) is 23.1 Å². The molecule has 2 heterocycles. The number of piperazine rings is 1. The zero-order chi connectivity index (χ0) is 15.2. The molecular weight excluding hydrogens is 294 g/mol. The van der Waals surface area contributed by atoms with Crippen LogP contribution in [0.1, 0.15) is 12.5 Å². The van der Waals surface area contributed by atoms with Crippen molar-refractivity contribution in [1.82, 2.24) is 9.62 Å². The SMILES string of the molecule is CC1C(=O)NCCN1S(=O)(=O)c1ccc2c(c1)CC(=O)N2. The van der Waals surface area contributed by atoms with Crippen molar-refractivity contribution in [3.05, 3.63) is 23.8 Å². The van der Waals surface area contributed by atoms with E-state index in [0.717, 1.165) is 0 Å². The lowest BCUT2D eigenvalue weighted by Crippen LogP contribution is -2.55. The van der Waals surface area contributed by atoms with E-state index < -0.39 is 16.1 Å². The maximum absolute atomic E-state index is 12.7. The molecule has 1 atom stereocenters. The minimum absolute atomic E-state index is 0.110. The summed E-state index contributed by atoms with van der Waals surface area (Å²) in [5.41, 5.74) is 1.30. The third kappa shape index (κ3) is 2.30. The zero-order valence-corrected chi connectivity index (χ0v) is 12.2. The van der Waals surface area contributed by atoms with Gasteiger partial charge in [-0.2, -0.15) is 4.31 Å². The second-order valence-electron chi connectivity index (χ2n) is 5.13. The lowest BCUT2D eigenvalue weighted by molar-refractivity contribution is -0.126. The number of rotatable bonds is 2. The van der Waals surface area contributed by atoms with Gasteiger partial charge in [-0.15, -0.1) is 0 Å². The third-order valence-corrected chi connectivity index (χ3v) is 5.72. The summed E-state index contributed by atoms with van der Waals surface area (Å²) in [5.74, 6) is -0.451. The fourth-order valence-corrected chi connectivity index (χ4v) is 4.24. The first-order valence-corrected chi connectivity index (χ1v) is 8.06. The number of hydrogen-bond acceptors (Lipinski definition) is 4. The summed E-state index contributed by atoms with van der Waals surface area (Å²) < 4.78 is 26.5. The van der Waals surface area contributed by atoms with Crippen molar-refractivity contribution >= 4 is 27.5 Å². The smallest absolute Gasteiger partial charge is 0.243 e. The van der Waals surface area contributed by atoms with Crippen LogP contribution in [0.2, 0.25) is 0 Å². The van der Waals surface area contributed by atoms with Crippen LogP contribution < -0.4 is 10.6 Å². The number of nitrogens with one attached hydrogen (secondary N) is 2. The first-order valence-electron chi connectivity index (χ1n) is 6.62. The number of benzene rings is 1. The van der Waals surface area contributed by atoms with E-state index in [-0.39, 0.29) is 29.7 Å². The Labute approximate surface area is 122 Å². The number of fused-ring (bicyclic) bond motifs is 1. The zero-order valence-electron chi connectivity index (χ0n) is 11.4. The molecule has 1 fully saturated rings. The van der Waals surface area contributed by atoms with Crippen molar-refractivity contribution in [2.75, 3.05) is 18.4 Å². The summed E-state index contributed by atoms with van der Waals surface area (Å²) in [7, 11) is -3.75. The van der Waals surface area contributed by atoms with Crippen LogP contribution >= 0.6 is 0 Å². The minimum atomic E-state index is -3.75. The van der Waals surface area contributed by atoms with E-state index >= 15 is 0 Å². The molecule has 7 nitrogen and oxygen atoms in total. The number of carbonyl (C=O) groups is 2. The molecule has 2 amide bonds. The summed E-state index contributed by atoms with van der Waals surface area (Å²) in [6, 6.07) is 3.81. The summed E-state index contributed by atoms with van der Waals surface area (Å²) >= 11 is 0. The van der Waals surface area contributed by atoms with Gasteiger partial charge >= 0.3 is 0 Å². The Bertz CT molecular complexity index is 729. The second-order valence-corrected chi connectivity index (χ2v) is 7.02. The predicted molar refractivity (Wildman–Crippen MR) is 75.1 cm³/mol. The van der Waals surface area contributed by atoms with Crippen molar-refractivity contribution in [3.8, 4) is 0 Å². The Balaban J connectivity index is 1.97. The molecule has 1 unspecified atom stereocenters. The Hall–Kier alpha value is -1.93. The highest BCUT2D eigenvalue weighted by molar-refractivity contribution is 7.89. The first kappa shape index (κ1) is 14.0. The quantitative estimate of drug-likeness (QED) is 0.783. The molecule has 0 aromatic heterocycles. The molecule has 2 aliphatic rings. The molecule has 112 valence electrons. The number of nitrogens with zero attached hydrogens (tertiary/aromatic N) is 1. The molecule has 0 spiro atoms. The molecule has 1 aromatic carbocycles. The van der Waals surface area contributed by atoms with Crippen LogP contribution in [0.25, 0.3) is 0 Å². The fourth-order valence-electron chi connectivity index (χ4n) is 2.59. The van der Waals surface area contributed by atoms with E-state index in [1.807, 2.05) is 0 Å². The number of sulfonamides is 1. The fraction of sp³-hybridized carbons (Fsp3) is 0.385. The highest BCUT2D eigenvalue weighted by Crippen LogP contribution is 2.28. The maximum Gasteiger partial charge on any atom is 0.243 e. The lowest BCUT2D eigenvalue weighted by Gasteiger charge is -2.31. The molecule has 0 saturated carbocycles. The number of hydrogen-bond donors (Lipinski definition) is 2. The van der Waals surface area contributed by atoms with Crippen LogP contribution in [0.3, 0.4) is 0 Å². The van der Waals surface area contributed by atoms with Crippen LogP contribution in [-0.4, -0.2) is 43.7 Å². The van der Waals surface area contributed by atoms with Gasteiger partial charge in [-0.1, -0.05) is 0 Å². The van der Waals surface area contributed by atoms with Crippen molar-refractivity contribution in [3.63, 3.8) is 0 Å². The molecule has 0 radical (unpaired) electrons. The van der Waals surface area contributed by atoms with Crippen LogP contribution in [0, 0.1) is 0 Å². The highest BCUT2D eigenvalue weighted by Gasteiger charge is 2.36. The molecule has 1 aromatic rings. The van der Waals surface area contributed by atoms with E-state index in [4.69, 9.17) is 0 Å². The van der Waals surface area contributed by atoms with Gasteiger partial charge in [0, 0.05) is 18.8 Å². The van der Waals surface area contributed by atoms with E-state index in [1.165, 1.54) is 16.4 Å². The van der Waals surface area contributed by atoms with Gasteiger partial charge in [-0.3, -0.25) is 9.59 Å². The van der Waals surface area contributed by atoms with Crippen molar-refractivity contribution in [2.24, 2.45) is 0 Å². The summed E-state index contributed by atoms with van der Waals surface area (Å²) in [4.78, 5) is 23.1. The average molecular weight is 309 g/mol. The molecule has 2 N–H and O–H groups in total. The predicted octanol–water partition coefficient (Wildman–Crippen LogP) is -0.310. The number of carbonyl (C=O) groups excluding carboxylic acids is 2. The van der Waals surface area contributed by atoms with Gasteiger partial charge in [0.05, 0.1) is 11.3 Å². The minimum Gasteiger partial charge on any atom is -0.353 e. The standard InChI is InChI=1S/C13H15N3O4S/c1-8-13(18)14-4-5-16(8)21(19,20)10-2-3-11-9(6-10)7-12(17)15-11/h2-3,6,8H,4-5,7H2,1H3,(H,14,18)(H,15,17). The topological polar surface area (TPSA) is 95.6 Å². The van der Waals surface area contributed by atoms with Gasteiger partial charge in [-0.25, -0.2) is 8.42 Å². The Morgan fingerprint density at radius 1 is 1.29 bits per heavy atom. The lowest BCUT2D eigenvalue weighted by atomic mass is 10.2. The number of anilines is 1. The normalized spacial score (nSPS) is 22.6.